The van der Waals surface area contributed by atoms with E-state index in [4.69, 9.17) is 4.74 Å². The highest BCUT2D eigenvalue weighted by atomic mass is 32.1. The highest BCUT2D eigenvalue weighted by molar-refractivity contribution is 7.16. The van der Waals surface area contributed by atoms with Gasteiger partial charge in [-0.2, -0.15) is 0 Å². The standard InChI is InChI=1S/C19H17N3O3S2/c23-17(22-19-21-15(11-27-19)16-5-2-8-26-16)10-25-14-4-1-3-13(9-14)20-18(24)12-6-7-12/h1-5,8-9,11-12H,6-7,10H2,(H,20,24)(H,21,22,23). The first-order valence-corrected chi connectivity index (χ1v) is 10.3. The third-order valence-electron chi connectivity index (χ3n) is 3.94. The van der Waals surface area contributed by atoms with Crippen LogP contribution < -0.4 is 15.4 Å². The minimum absolute atomic E-state index is 0.0372. The van der Waals surface area contributed by atoms with Crippen molar-refractivity contribution >= 4 is 45.3 Å². The fourth-order valence-electron chi connectivity index (χ4n) is 2.43. The van der Waals surface area contributed by atoms with Gasteiger partial charge < -0.3 is 10.1 Å². The van der Waals surface area contributed by atoms with Gasteiger partial charge in [-0.3, -0.25) is 14.9 Å². The van der Waals surface area contributed by atoms with E-state index in [9.17, 15) is 9.59 Å². The van der Waals surface area contributed by atoms with Crippen molar-refractivity contribution in [3.63, 3.8) is 0 Å². The molecule has 1 aliphatic carbocycles. The zero-order chi connectivity index (χ0) is 18.6. The van der Waals surface area contributed by atoms with Crippen LogP contribution >= 0.6 is 22.7 Å². The number of carbonyl (C=O) groups excluding carboxylic acids is 2. The van der Waals surface area contributed by atoms with Gasteiger partial charge in [0.2, 0.25) is 5.91 Å². The van der Waals surface area contributed by atoms with E-state index in [1.54, 1.807) is 35.6 Å². The average molecular weight is 399 g/mol. The summed E-state index contributed by atoms with van der Waals surface area (Å²) in [5.74, 6) is 0.416. The topological polar surface area (TPSA) is 80.3 Å². The molecule has 0 saturated heterocycles. The largest absolute Gasteiger partial charge is 0.484 e. The van der Waals surface area contributed by atoms with Crippen LogP contribution in [0.4, 0.5) is 10.8 Å². The van der Waals surface area contributed by atoms with E-state index >= 15 is 0 Å². The van der Waals surface area contributed by atoms with Crippen LogP contribution in [0.2, 0.25) is 0 Å². The number of hydrogen-bond donors (Lipinski definition) is 2. The number of amides is 2. The van der Waals surface area contributed by atoms with Gasteiger partial charge in [0.05, 0.1) is 10.6 Å². The smallest absolute Gasteiger partial charge is 0.264 e. The molecule has 2 amide bonds. The molecule has 2 aromatic heterocycles. The summed E-state index contributed by atoms with van der Waals surface area (Å²) in [4.78, 5) is 29.4. The van der Waals surface area contributed by atoms with Gasteiger partial charge in [-0.25, -0.2) is 4.98 Å². The molecule has 0 bridgehead atoms. The van der Waals surface area contributed by atoms with Crippen molar-refractivity contribution in [1.29, 1.82) is 0 Å². The molecule has 6 nitrogen and oxygen atoms in total. The second kappa shape index (κ2) is 7.89. The number of nitrogens with one attached hydrogen (secondary N) is 2. The van der Waals surface area contributed by atoms with Crippen LogP contribution in [0.1, 0.15) is 12.8 Å². The lowest BCUT2D eigenvalue weighted by molar-refractivity contribution is -0.118. The summed E-state index contributed by atoms with van der Waals surface area (Å²) in [5, 5.41) is 10.0. The molecule has 1 fully saturated rings. The molecule has 0 aliphatic heterocycles. The first kappa shape index (κ1) is 17.7. The highest BCUT2D eigenvalue weighted by Crippen LogP contribution is 2.31. The van der Waals surface area contributed by atoms with Crippen molar-refractivity contribution in [1.82, 2.24) is 4.98 Å². The van der Waals surface area contributed by atoms with Crippen LogP contribution in [-0.2, 0) is 9.59 Å². The predicted molar refractivity (Wildman–Crippen MR) is 107 cm³/mol. The summed E-state index contributed by atoms with van der Waals surface area (Å²) in [5.41, 5.74) is 1.52. The minimum atomic E-state index is -0.283. The second-order valence-corrected chi connectivity index (χ2v) is 7.95. The fraction of sp³-hybridized carbons (Fsp3) is 0.211. The number of rotatable bonds is 7. The van der Waals surface area contributed by atoms with E-state index in [-0.39, 0.29) is 24.3 Å². The molecule has 27 heavy (non-hydrogen) atoms. The van der Waals surface area contributed by atoms with E-state index in [0.29, 0.717) is 16.6 Å². The molecule has 1 aliphatic rings. The molecule has 4 rings (SSSR count). The lowest BCUT2D eigenvalue weighted by Gasteiger charge is -2.08. The summed E-state index contributed by atoms with van der Waals surface area (Å²) in [6, 6.07) is 11.0. The molecule has 3 aromatic rings. The maximum absolute atomic E-state index is 12.1. The van der Waals surface area contributed by atoms with E-state index in [1.165, 1.54) is 11.3 Å². The Morgan fingerprint density at radius 1 is 1.15 bits per heavy atom. The van der Waals surface area contributed by atoms with Crippen LogP contribution in [-0.4, -0.2) is 23.4 Å². The fourth-order valence-corrected chi connectivity index (χ4v) is 3.91. The van der Waals surface area contributed by atoms with Crippen molar-refractivity contribution in [2.45, 2.75) is 12.8 Å². The van der Waals surface area contributed by atoms with Crippen molar-refractivity contribution in [3.05, 3.63) is 47.2 Å². The van der Waals surface area contributed by atoms with Gasteiger partial charge in [0.1, 0.15) is 5.75 Å². The lowest BCUT2D eigenvalue weighted by Crippen LogP contribution is -2.20. The first-order valence-electron chi connectivity index (χ1n) is 8.50. The van der Waals surface area contributed by atoms with Crippen LogP contribution in [0.5, 0.6) is 5.75 Å². The summed E-state index contributed by atoms with van der Waals surface area (Å²) in [6.07, 6.45) is 1.90. The van der Waals surface area contributed by atoms with E-state index < -0.39 is 0 Å². The normalized spacial score (nSPS) is 13.2. The Morgan fingerprint density at radius 2 is 2.04 bits per heavy atom. The Bertz CT molecular complexity index is 949. The monoisotopic (exact) mass is 399 g/mol. The molecule has 1 aromatic carbocycles. The number of hydrogen-bond acceptors (Lipinski definition) is 6. The molecule has 0 atom stereocenters. The summed E-state index contributed by atoms with van der Waals surface area (Å²) in [6.45, 7) is -0.131. The summed E-state index contributed by atoms with van der Waals surface area (Å²) < 4.78 is 5.53. The third-order valence-corrected chi connectivity index (χ3v) is 5.59. The zero-order valence-corrected chi connectivity index (χ0v) is 15.9. The van der Waals surface area contributed by atoms with E-state index in [2.05, 4.69) is 15.6 Å². The molecular weight excluding hydrogens is 382 g/mol. The van der Waals surface area contributed by atoms with E-state index in [1.807, 2.05) is 22.9 Å². The zero-order valence-electron chi connectivity index (χ0n) is 14.3. The second-order valence-electron chi connectivity index (χ2n) is 6.14. The number of anilines is 2. The Hall–Kier alpha value is -2.71. The average Bonchev–Trinajstić information content (AvgIpc) is 3.18. The van der Waals surface area contributed by atoms with Gasteiger partial charge >= 0.3 is 0 Å². The molecular formula is C19H17N3O3S2. The molecule has 1 saturated carbocycles. The number of thiophene rings is 1. The molecule has 138 valence electrons. The van der Waals surface area contributed by atoms with Gasteiger partial charge in [0, 0.05) is 23.1 Å². The number of nitrogens with zero attached hydrogens (tertiary/aromatic N) is 1. The SMILES string of the molecule is O=C(COc1cccc(NC(=O)C2CC2)c1)Nc1nc(-c2cccs2)cs1. The molecule has 0 spiro atoms. The predicted octanol–water partition coefficient (Wildman–Crippen LogP) is 4.24. The molecule has 8 heteroatoms. The number of ether oxygens (including phenoxy) is 1. The number of benzene rings is 1. The van der Waals surface area contributed by atoms with Gasteiger partial charge in [-0.15, -0.1) is 22.7 Å². The molecule has 0 unspecified atom stereocenters. The van der Waals surface area contributed by atoms with E-state index in [0.717, 1.165) is 23.4 Å². The van der Waals surface area contributed by atoms with Crippen molar-refractivity contribution in [2.75, 3.05) is 17.2 Å². The van der Waals surface area contributed by atoms with Gasteiger partial charge in [-0.05, 0) is 36.4 Å². The van der Waals surface area contributed by atoms with Crippen LogP contribution in [0, 0.1) is 5.92 Å². The van der Waals surface area contributed by atoms with Crippen molar-refractivity contribution < 1.29 is 14.3 Å². The first-order chi connectivity index (χ1) is 13.2. The molecule has 2 heterocycles. The van der Waals surface area contributed by atoms with Gasteiger partial charge in [0.15, 0.2) is 11.7 Å². The van der Waals surface area contributed by atoms with Crippen LogP contribution in [0.15, 0.2) is 47.2 Å². The summed E-state index contributed by atoms with van der Waals surface area (Å²) in [7, 11) is 0. The quantitative estimate of drug-likeness (QED) is 0.623. The van der Waals surface area contributed by atoms with Crippen LogP contribution in [0.25, 0.3) is 10.6 Å². The number of thiazole rings is 1. The Kier molecular flexibility index (Phi) is 5.17. The third kappa shape index (κ3) is 4.72. The Labute approximate surface area is 164 Å². The molecule has 2 N–H and O–H groups in total. The van der Waals surface area contributed by atoms with Crippen molar-refractivity contribution in [2.24, 2.45) is 5.92 Å². The summed E-state index contributed by atoms with van der Waals surface area (Å²) >= 11 is 2.98. The number of aromatic nitrogens is 1. The van der Waals surface area contributed by atoms with Crippen molar-refractivity contribution in [3.8, 4) is 16.3 Å². The maximum atomic E-state index is 12.1. The maximum Gasteiger partial charge on any atom is 0.264 e. The highest BCUT2D eigenvalue weighted by Gasteiger charge is 2.29. The van der Waals surface area contributed by atoms with Gasteiger partial charge in [0.25, 0.3) is 5.91 Å². The van der Waals surface area contributed by atoms with Crippen LogP contribution in [0.3, 0.4) is 0 Å². The Morgan fingerprint density at radius 3 is 2.81 bits per heavy atom. The minimum Gasteiger partial charge on any atom is -0.484 e. The number of carbonyl (C=O) groups is 2. The molecule has 0 radical (unpaired) electrons. The van der Waals surface area contributed by atoms with Gasteiger partial charge in [-0.1, -0.05) is 12.1 Å². The lowest BCUT2D eigenvalue weighted by atomic mass is 10.3. The Balaban J connectivity index is 1.29.